The van der Waals surface area contributed by atoms with Gasteiger partial charge in [0.05, 0.1) is 6.04 Å². The normalized spacial score (nSPS) is 12.6. The molecule has 0 fully saturated rings. The maximum absolute atomic E-state index is 12.7. The molecule has 2 aromatic carbocycles. The molecule has 1 amide bonds. The molecule has 0 aliphatic heterocycles. The van der Waals surface area contributed by atoms with Crippen molar-refractivity contribution in [3.63, 3.8) is 0 Å². The summed E-state index contributed by atoms with van der Waals surface area (Å²) < 4.78 is 6.60. The van der Waals surface area contributed by atoms with E-state index >= 15 is 0 Å². The fourth-order valence-electron chi connectivity index (χ4n) is 3.10. The molecule has 0 radical (unpaired) electrons. The third-order valence-corrected chi connectivity index (χ3v) is 4.73. The minimum Gasteiger partial charge on any atom is -0.456 e. The van der Waals surface area contributed by atoms with E-state index in [0.717, 1.165) is 11.1 Å². The summed E-state index contributed by atoms with van der Waals surface area (Å²) >= 11 is 0. The van der Waals surface area contributed by atoms with E-state index < -0.39 is 18.6 Å². The van der Waals surface area contributed by atoms with Crippen molar-refractivity contribution >= 4 is 17.7 Å². The van der Waals surface area contributed by atoms with Crippen molar-refractivity contribution in [2.75, 3.05) is 6.61 Å². The first-order valence-electron chi connectivity index (χ1n) is 9.77. The first-order valence-corrected chi connectivity index (χ1v) is 9.77. The second-order valence-corrected chi connectivity index (χ2v) is 7.07. The van der Waals surface area contributed by atoms with Crippen LogP contribution in [0.1, 0.15) is 47.4 Å². The lowest BCUT2D eigenvalue weighted by Crippen LogP contribution is -2.27. The summed E-state index contributed by atoms with van der Waals surface area (Å²) in [6.45, 7) is 2.90. The minimum atomic E-state index is -0.786. The Bertz CT molecular complexity index is 1020. The van der Waals surface area contributed by atoms with Crippen LogP contribution in [-0.4, -0.2) is 44.5 Å². The monoisotopic (exact) mass is 421 g/mol. The third-order valence-electron chi connectivity index (χ3n) is 4.73. The molecule has 3 aromatic rings. The van der Waals surface area contributed by atoms with Gasteiger partial charge in [-0.2, -0.15) is 0 Å². The molecular formula is C22H23N5O4. The highest BCUT2D eigenvalue weighted by molar-refractivity contribution is 5.98. The second-order valence-electron chi connectivity index (χ2n) is 7.07. The van der Waals surface area contributed by atoms with E-state index in [1.807, 2.05) is 37.3 Å². The Morgan fingerprint density at radius 1 is 1.06 bits per heavy atom. The van der Waals surface area contributed by atoms with Gasteiger partial charge in [-0.1, -0.05) is 54.6 Å². The summed E-state index contributed by atoms with van der Waals surface area (Å²) in [5.41, 5.74) is 2.19. The van der Waals surface area contributed by atoms with E-state index in [2.05, 4.69) is 20.8 Å². The number of ketones is 1. The van der Waals surface area contributed by atoms with Crippen molar-refractivity contribution < 1.29 is 19.1 Å². The van der Waals surface area contributed by atoms with Crippen molar-refractivity contribution in [1.29, 1.82) is 0 Å². The number of tetrazole rings is 1. The van der Waals surface area contributed by atoms with Crippen molar-refractivity contribution in [1.82, 2.24) is 25.5 Å². The standard InChI is InChI=1S/C22H23N5O4/c1-15(24-16(2)28)18-8-10-19(11-9-18)21(29)13-31-22(30)20(27-14-23-25-26-27)12-17-6-4-3-5-7-17/h3-11,14-15,20H,12-13H2,1-2H3,(H,24,28)/t15-,20-/m0/s1. The molecular weight excluding hydrogens is 398 g/mol. The van der Waals surface area contributed by atoms with Crippen LogP contribution in [0.15, 0.2) is 60.9 Å². The smallest absolute Gasteiger partial charge is 0.331 e. The predicted molar refractivity (Wildman–Crippen MR) is 111 cm³/mol. The predicted octanol–water partition coefficient (Wildman–Crippen LogP) is 2.08. The highest BCUT2D eigenvalue weighted by Gasteiger charge is 2.25. The number of rotatable bonds is 9. The van der Waals surface area contributed by atoms with Crippen LogP contribution in [-0.2, 0) is 20.7 Å². The zero-order chi connectivity index (χ0) is 22.2. The molecule has 0 saturated heterocycles. The van der Waals surface area contributed by atoms with E-state index in [9.17, 15) is 14.4 Å². The number of esters is 1. The van der Waals surface area contributed by atoms with Crippen LogP contribution >= 0.6 is 0 Å². The molecule has 0 unspecified atom stereocenters. The number of Topliss-reactive ketones (excluding diaryl/α,β-unsaturated/α-hetero) is 1. The fourth-order valence-corrected chi connectivity index (χ4v) is 3.10. The van der Waals surface area contributed by atoms with Crippen LogP contribution in [0, 0.1) is 0 Å². The number of ether oxygens (including phenoxy) is 1. The van der Waals surface area contributed by atoms with Gasteiger partial charge < -0.3 is 10.1 Å². The summed E-state index contributed by atoms with van der Waals surface area (Å²) in [5, 5.41) is 13.8. The van der Waals surface area contributed by atoms with Gasteiger partial charge in [0, 0.05) is 18.9 Å². The van der Waals surface area contributed by atoms with Crippen molar-refractivity contribution in [3.05, 3.63) is 77.6 Å². The Labute approximate surface area is 179 Å². The van der Waals surface area contributed by atoms with Gasteiger partial charge in [-0.15, -0.1) is 5.10 Å². The molecule has 9 heteroatoms. The van der Waals surface area contributed by atoms with Gasteiger partial charge in [-0.25, -0.2) is 9.48 Å². The highest BCUT2D eigenvalue weighted by atomic mass is 16.5. The summed E-state index contributed by atoms with van der Waals surface area (Å²) in [6.07, 6.45) is 1.67. The van der Waals surface area contributed by atoms with Crippen LogP contribution in [0.2, 0.25) is 0 Å². The Balaban J connectivity index is 1.62. The van der Waals surface area contributed by atoms with Crippen molar-refractivity contribution in [2.45, 2.75) is 32.4 Å². The van der Waals surface area contributed by atoms with Gasteiger partial charge in [-0.05, 0) is 28.5 Å². The van der Waals surface area contributed by atoms with E-state index in [1.54, 1.807) is 24.3 Å². The molecule has 1 N–H and O–H groups in total. The van der Waals surface area contributed by atoms with Crippen LogP contribution in [0.25, 0.3) is 0 Å². The van der Waals surface area contributed by atoms with Gasteiger partial charge in [0.15, 0.2) is 18.4 Å². The van der Waals surface area contributed by atoms with E-state index in [1.165, 1.54) is 17.9 Å². The van der Waals surface area contributed by atoms with Gasteiger partial charge in [-0.3, -0.25) is 9.59 Å². The lowest BCUT2D eigenvalue weighted by atomic mass is 10.0. The maximum Gasteiger partial charge on any atom is 0.331 e. The van der Waals surface area contributed by atoms with Crippen LogP contribution in [0.4, 0.5) is 0 Å². The lowest BCUT2D eigenvalue weighted by molar-refractivity contribution is -0.146. The van der Waals surface area contributed by atoms with E-state index in [0.29, 0.717) is 12.0 Å². The summed E-state index contributed by atoms with van der Waals surface area (Å²) in [7, 11) is 0. The number of hydrogen-bond donors (Lipinski definition) is 1. The summed E-state index contributed by atoms with van der Waals surface area (Å²) in [6, 6.07) is 15.3. The fraction of sp³-hybridized carbons (Fsp3) is 0.273. The summed E-state index contributed by atoms with van der Waals surface area (Å²) in [5.74, 6) is -1.06. The average molecular weight is 421 g/mol. The Morgan fingerprint density at radius 3 is 2.39 bits per heavy atom. The SMILES string of the molecule is CC(=O)N[C@@H](C)c1ccc(C(=O)COC(=O)[C@H](Cc2ccccc2)n2cnnn2)cc1. The molecule has 1 heterocycles. The molecule has 160 valence electrons. The molecule has 3 rings (SSSR count). The lowest BCUT2D eigenvalue weighted by Gasteiger charge is -2.15. The minimum absolute atomic E-state index is 0.132. The third kappa shape index (κ3) is 6.05. The molecule has 0 aliphatic carbocycles. The zero-order valence-electron chi connectivity index (χ0n) is 17.3. The molecule has 2 atom stereocenters. The molecule has 31 heavy (non-hydrogen) atoms. The zero-order valence-corrected chi connectivity index (χ0v) is 17.3. The molecule has 0 bridgehead atoms. The van der Waals surface area contributed by atoms with Crippen LogP contribution in [0.5, 0.6) is 0 Å². The van der Waals surface area contributed by atoms with E-state index in [4.69, 9.17) is 4.74 Å². The van der Waals surface area contributed by atoms with Crippen molar-refractivity contribution in [3.8, 4) is 0 Å². The van der Waals surface area contributed by atoms with Crippen LogP contribution < -0.4 is 5.32 Å². The Morgan fingerprint density at radius 2 is 1.77 bits per heavy atom. The quantitative estimate of drug-likeness (QED) is 0.415. The van der Waals surface area contributed by atoms with Gasteiger partial charge in [0.1, 0.15) is 6.33 Å². The largest absolute Gasteiger partial charge is 0.456 e. The first-order chi connectivity index (χ1) is 14.9. The molecule has 0 aliphatic rings. The number of hydrogen-bond acceptors (Lipinski definition) is 7. The van der Waals surface area contributed by atoms with Crippen molar-refractivity contribution in [2.24, 2.45) is 0 Å². The average Bonchev–Trinajstić information content (AvgIpc) is 3.30. The highest BCUT2D eigenvalue weighted by Crippen LogP contribution is 2.16. The molecule has 9 nitrogen and oxygen atoms in total. The molecule has 0 spiro atoms. The van der Waals surface area contributed by atoms with Gasteiger partial charge in [0.2, 0.25) is 5.91 Å². The number of nitrogens with zero attached hydrogens (tertiary/aromatic N) is 4. The summed E-state index contributed by atoms with van der Waals surface area (Å²) in [4.78, 5) is 36.4. The number of carbonyl (C=O) groups excluding carboxylic acids is 3. The molecule has 1 aromatic heterocycles. The Kier molecular flexibility index (Phi) is 7.21. The molecule has 0 saturated carbocycles. The number of amides is 1. The second kappa shape index (κ2) is 10.2. The number of benzene rings is 2. The van der Waals surface area contributed by atoms with Crippen LogP contribution in [0.3, 0.4) is 0 Å². The Hall–Kier alpha value is -3.88. The van der Waals surface area contributed by atoms with E-state index in [-0.39, 0.29) is 17.7 Å². The number of aromatic nitrogens is 4. The maximum atomic E-state index is 12.7. The number of carbonyl (C=O) groups is 3. The first kappa shape index (κ1) is 21.8. The van der Waals surface area contributed by atoms with Gasteiger partial charge in [0.25, 0.3) is 0 Å². The number of nitrogens with one attached hydrogen (secondary N) is 1. The van der Waals surface area contributed by atoms with Gasteiger partial charge >= 0.3 is 5.97 Å². The topological polar surface area (TPSA) is 116 Å².